The van der Waals surface area contributed by atoms with Gasteiger partial charge in [0.05, 0.1) is 6.67 Å². The Kier molecular flexibility index (Phi) is 3.74. The molecule has 1 fully saturated rings. The van der Waals surface area contributed by atoms with Gasteiger partial charge in [-0.1, -0.05) is 23.8 Å². The van der Waals surface area contributed by atoms with E-state index < -0.39 is 6.23 Å². The van der Waals surface area contributed by atoms with Crippen LogP contribution < -0.4 is 5.32 Å². The standard InChI is InChI=1S/C12H18N2O2/c1-2-16-12-11(15)13-9-14(12)8-10-6-4-3-5-7-10/h3-4,6,12H,2,5,7-9H2,1H3,(H,13,15). The first kappa shape index (κ1) is 11.4. The highest BCUT2D eigenvalue weighted by molar-refractivity contribution is 5.82. The molecule has 2 rings (SSSR count). The number of hydrogen-bond acceptors (Lipinski definition) is 3. The highest BCUT2D eigenvalue weighted by Crippen LogP contribution is 2.16. The minimum absolute atomic E-state index is 0.0196. The van der Waals surface area contributed by atoms with Crippen LogP contribution in [0.25, 0.3) is 0 Å². The first-order chi connectivity index (χ1) is 7.81. The van der Waals surface area contributed by atoms with Crippen LogP contribution in [0.4, 0.5) is 0 Å². The summed E-state index contributed by atoms with van der Waals surface area (Å²) in [5.74, 6) is -0.0196. The number of carbonyl (C=O) groups is 1. The molecule has 1 N–H and O–H groups in total. The third-order valence-electron chi connectivity index (χ3n) is 2.84. The highest BCUT2D eigenvalue weighted by Gasteiger charge is 2.32. The predicted molar refractivity (Wildman–Crippen MR) is 61.6 cm³/mol. The fraction of sp³-hybridized carbons (Fsp3) is 0.583. The molecule has 0 aromatic carbocycles. The Labute approximate surface area is 95.9 Å². The van der Waals surface area contributed by atoms with Crippen LogP contribution in [0.15, 0.2) is 23.8 Å². The lowest BCUT2D eigenvalue weighted by Gasteiger charge is -2.22. The van der Waals surface area contributed by atoms with Crippen LogP contribution in [0.2, 0.25) is 0 Å². The molecule has 1 saturated heterocycles. The van der Waals surface area contributed by atoms with Gasteiger partial charge in [-0.05, 0) is 19.8 Å². The molecular formula is C12H18N2O2. The summed E-state index contributed by atoms with van der Waals surface area (Å²) in [5.41, 5.74) is 1.36. The van der Waals surface area contributed by atoms with Crippen molar-refractivity contribution in [1.29, 1.82) is 0 Å². The van der Waals surface area contributed by atoms with Gasteiger partial charge in [-0.15, -0.1) is 0 Å². The van der Waals surface area contributed by atoms with Crippen molar-refractivity contribution in [3.63, 3.8) is 0 Å². The molecule has 0 aromatic rings. The van der Waals surface area contributed by atoms with Crippen LogP contribution in [-0.2, 0) is 9.53 Å². The van der Waals surface area contributed by atoms with Gasteiger partial charge in [-0.2, -0.15) is 0 Å². The zero-order valence-electron chi connectivity index (χ0n) is 9.61. The average Bonchev–Trinajstić information content (AvgIpc) is 2.64. The highest BCUT2D eigenvalue weighted by atomic mass is 16.5. The van der Waals surface area contributed by atoms with Crippen molar-refractivity contribution < 1.29 is 9.53 Å². The zero-order valence-corrected chi connectivity index (χ0v) is 9.61. The number of hydrogen-bond donors (Lipinski definition) is 1. The number of nitrogens with one attached hydrogen (secondary N) is 1. The zero-order chi connectivity index (χ0) is 11.4. The summed E-state index contributed by atoms with van der Waals surface area (Å²) >= 11 is 0. The second kappa shape index (κ2) is 5.27. The van der Waals surface area contributed by atoms with Gasteiger partial charge >= 0.3 is 0 Å². The van der Waals surface area contributed by atoms with E-state index in [1.165, 1.54) is 5.57 Å². The Morgan fingerprint density at radius 1 is 1.62 bits per heavy atom. The van der Waals surface area contributed by atoms with E-state index in [2.05, 4.69) is 23.5 Å². The minimum atomic E-state index is -0.406. The molecule has 4 heteroatoms. The van der Waals surface area contributed by atoms with Crippen molar-refractivity contribution in [3.05, 3.63) is 23.8 Å². The van der Waals surface area contributed by atoms with Gasteiger partial charge in [-0.25, -0.2) is 4.90 Å². The Bertz CT molecular complexity index is 323. The van der Waals surface area contributed by atoms with Crippen LogP contribution in [0.5, 0.6) is 0 Å². The van der Waals surface area contributed by atoms with Crippen LogP contribution in [-0.4, -0.2) is 36.9 Å². The van der Waals surface area contributed by atoms with Crippen molar-refractivity contribution in [2.75, 3.05) is 19.8 Å². The lowest BCUT2D eigenvalue weighted by atomic mass is 10.0. The maximum absolute atomic E-state index is 11.5. The largest absolute Gasteiger partial charge is 0.354 e. The molecule has 1 heterocycles. The van der Waals surface area contributed by atoms with Gasteiger partial charge in [0.15, 0.2) is 6.23 Å². The summed E-state index contributed by atoms with van der Waals surface area (Å²) in [4.78, 5) is 13.5. The van der Waals surface area contributed by atoms with Gasteiger partial charge in [0.25, 0.3) is 5.91 Å². The second-order valence-corrected chi connectivity index (χ2v) is 4.05. The normalized spacial score (nSPS) is 25.7. The molecule has 0 saturated carbocycles. The SMILES string of the molecule is CCOC1C(=O)NCN1CC1=CC=CCC1. The summed E-state index contributed by atoms with van der Waals surface area (Å²) in [7, 11) is 0. The van der Waals surface area contributed by atoms with Crippen LogP contribution in [0.3, 0.4) is 0 Å². The Hall–Kier alpha value is -1.13. The molecule has 1 atom stereocenters. The molecule has 88 valence electrons. The molecule has 0 aromatic heterocycles. The summed E-state index contributed by atoms with van der Waals surface area (Å²) in [6, 6.07) is 0. The second-order valence-electron chi connectivity index (χ2n) is 4.05. The van der Waals surface area contributed by atoms with Crippen LogP contribution in [0, 0.1) is 0 Å². The van der Waals surface area contributed by atoms with Crippen molar-refractivity contribution in [3.8, 4) is 0 Å². The van der Waals surface area contributed by atoms with E-state index in [4.69, 9.17) is 4.74 Å². The summed E-state index contributed by atoms with van der Waals surface area (Å²) in [6.45, 7) is 3.87. The molecular weight excluding hydrogens is 204 g/mol. The van der Waals surface area contributed by atoms with Gasteiger partial charge in [0, 0.05) is 13.2 Å². The fourth-order valence-electron chi connectivity index (χ4n) is 2.04. The van der Waals surface area contributed by atoms with Crippen LogP contribution >= 0.6 is 0 Å². The molecule has 1 amide bonds. The number of amides is 1. The van der Waals surface area contributed by atoms with Gasteiger partial charge in [0.2, 0.25) is 0 Å². The molecule has 1 aliphatic heterocycles. The maximum Gasteiger partial charge on any atom is 0.265 e. The predicted octanol–water partition coefficient (Wildman–Crippen LogP) is 1.01. The Morgan fingerprint density at radius 3 is 3.19 bits per heavy atom. The van der Waals surface area contributed by atoms with E-state index in [9.17, 15) is 4.79 Å². The molecule has 2 aliphatic rings. The summed E-state index contributed by atoms with van der Waals surface area (Å²) < 4.78 is 5.44. The first-order valence-corrected chi connectivity index (χ1v) is 5.79. The van der Waals surface area contributed by atoms with Crippen molar-refractivity contribution in [1.82, 2.24) is 10.2 Å². The van der Waals surface area contributed by atoms with Crippen molar-refractivity contribution >= 4 is 5.91 Å². The number of allylic oxidation sites excluding steroid dienone is 3. The molecule has 0 spiro atoms. The van der Waals surface area contributed by atoms with Gasteiger partial charge in [-0.3, -0.25) is 4.79 Å². The van der Waals surface area contributed by atoms with Crippen molar-refractivity contribution in [2.45, 2.75) is 26.0 Å². The van der Waals surface area contributed by atoms with E-state index in [-0.39, 0.29) is 5.91 Å². The lowest BCUT2D eigenvalue weighted by molar-refractivity contribution is -0.135. The third-order valence-corrected chi connectivity index (χ3v) is 2.84. The van der Waals surface area contributed by atoms with Crippen LogP contribution in [0.1, 0.15) is 19.8 Å². The van der Waals surface area contributed by atoms with E-state index in [1.54, 1.807) is 0 Å². The topological polar surface area (TPSA) is 41.6 Å². The first-order valence-electron chi connectivity index (χ1n) is 5.79. The number of nitrogens with zero attached hydrogens (tertiary/aromatic N) is 1. The molecule has 0 bridgehead atoms. The summed E-state index contributed by atoms with van der Waals surface area (Å²) in [6.07, 6.45) is 8.16. The summed E-state index contributed by atoms with van der Waals surface area (Å²) in [5, 5.41) is 2.81. The molecule has 1 aliphatic carbocycles. The van der Waals surface area contributed by atoms with E-state index in [1.807, 2.05) is 11.8 Å². The monoisotopic (exact) mass is 222 g/mol. The van der Waals surface area contributed by atoms with E-state index in [0.717, 1.165) is 19.4 Å². The smallest absolute Gasteiger partial charge is 0.265 e. The third kappa shape index (κ3) is 2.51. The molecule has 1 unspecified atom stereocenters. The number of rotatable bonds is 4. The number of ether oxygens (including phenoxy) is 1. The average molecular weight is 222 g/mol. The molecule has 0 radical (unpaired) electrons. The molecule has 16 heavy (non-hydrogen) atoms. The lowest BCUT2D eigenvalue weighted by Crippen LogP contribution is -2.37. The van der Waals surface area contributed by atoms with E-state index >= 15 is 0 Å². The Morgan fingerprint density at radius 2 is 2.50 bits per heavy atom. The van der Waals surface area contributed by atoms with Gasteiger partial charge < -0.3 is 10.1 Å². The minimum Gasteiger partial charge on any atom is -0.354 e. The fourth-order valence-corrected chi connectivity index (χ4v) is 2.04. The number of carbonyl (C=O) groups excluding carboxylic acids is 1. The van der Waals surface area contributed by atoms with Gasteiger partial charge in [0.1, 0.15) is 0 Å². The quantitative estimate of drug-likeness (QED) is 0.772. The molecule has 4 nitrogen and oxygen atoms in total. The Balaban J connectivity index is 1.95. The van der Waals surface area contributed by atoms with E-state index in [0.29, 0.717) is 13.3 Å². The maximum atomic E-state index is 11.5. The van der Waals surface area contributed by atoms with Crippen molar-refractivity contribution in [2.24, 2.45) is 0 Å².